The number of nitrogens with zero attached hydrogens (tertiary/aromatic N) is 1. The summed E-state index contributed by atoms with van der Waals surface area (Å²) in [5.41, 5.74) is 3.51. The highest BCUT2D eigenvalue weighted by molar-refractivity contribution is 5.78. The Morgan fingerprint density at radius 2 is 2.18 bits per heavy atom. The van der Waals surface area contributed by atoms with Gasteiger partial charge in [0.1, 0.15) is 5.82 Å². The van der Waals surface area contributed by atoms with Gasteiger partial charge >= 0.3 is 0 Å². The fourth-order valence-electron chi connectivity index (χ4n) is 2.70. The van der Waals surface area contributed by atoms with Gasteiger partial charge in [-0.05, 0) is 51.3 Å². The van der Waals surface area contributed by atoms with Crippen molar-refractivity contribution in [3.05, 3.63) is 29.6 Å². The largest absolute Gasteiger partial charge is 0.340 e. The lowest BCUT2D eigenvalue weighted by molar-refractivity contribution is 0.271. The Kier molecular flexibility index (Phi) is 2.44. The van der Waals surface area contributed by atoms with E-state index in [0.717, 1.165) is 29.8 Å². The number of fused-ring (bicyclic) bond motifs is 1. The van der Waals surface area contributed by atoms with Crippen LogP contribution in [0.5, 0.6) is 0 Å². The molecule has 0 aliphatic carbocycles. The molecule has 3 rings (SSSR count). The molecule has 1 aliphatic rings. The molecule has 1 atom stereocenters. The molecule has 1 aromatic heterocycles. The molecule has 3 nitrogen and oxygen atoms in total. The van der Waals surface area contributed by atoms with E-state index < -0.39 is 0 Å². The predicted octanol–water partition coefficient (Wildman–Crippen LogP) is 2.86. The smallest absolute Gasteiger partial charge is 0.127 e. The van der Waals surface area contributed by atoms with Crippen molar-refractivity contribution in [1.29, 1.82) is 0 Å². The van der Waals surface area contributed by atoms with Crippen LogP contribution in [0, 0.1) is 6.92 Å². The minimum absolute atomic E-state index is 0.0176. The zero-order chi connectivity index (χ0) is 11.9. The molecule has 1 aliphatic heterocycles. The van der Waals surface area contributed by atoms with Crippen molar-refractivity contribution in [2.75, 3.05) is 6.54 Å². The van der Waals surface area contributed by atoms with Crippen LogP contribution in [0.4, 0.5) is 0 Å². The molecule has 0 saturated carbocycles. The normalized spacial score (nSPS) is 25.3. The van der Waals surface area contributed by atoms with Crippen LogP contribution in [0.2, 0.25) is 0 Å². The maximum absolute atomic E-state index is 4.79. The first-order chi connectivity index (χ1) is 8.19. The molecule has 1 aromatic carbocycles. The van der Waals surface area contributed by atoms with E-state index in [4.69, 9.17) is 4.98 Å². The lowest BCUT2D eigenvalue weighted by atomic mass is 9.90. The molecule has 90 valence electrons. The maximum Gasteiger partial charge on any atom is 0.127 e. The number of rotatable bonds is 1. The summed E-state index contributed by atoms with van der Waals surface area (Å²) >= 11 is 0. The highest BCUT2D eigenvalue weighted by atomic mass is 15.1. The maximum atomic E-state index is 4.79. The molecule has 1 fully saturated rings. The number of para-hydroxylation sites is 1. The first-order valence-corrected chi connectivity index (χ1v) is 6.40. The molecule has 3 heteroatoms. The summed E-state index contributed by atoms with van der Waals surface area (Å²) in [5, 5.41) is 3.60. The zero-order valence-corrected chi connectivity index (χ0v) is 10.5. The Morgan fingerprint density at radius 1 is 1.29 bits per heavy atom. The van der Waals surface area contributed by atoms with Crippen LogP contribution < -0.4 is 5.32 Å². The Bertz CT molecular complexity index is 535. The van der Waals surface area contributed by atoms with E-state index in [2.05, 4.69) is 42.3 Å². The van der Waals surface area contributed by atoms with Gasteiger partial charge in [-0.3, -0.25) is 0 Å². The van der Waals surface area contributed by atoms with Crippen LogP contribution in [-0.2, 0) is 5.54 Å². The van der Waals surface area contributed by atoms with Crippen molar-refractivity contribution in [2.45, 2.75) is 38.6 Å². The monoisotopic (exact) mass is 229 g/mol. The average molecular weight is 229 g/mol. The number of benzene rings is 1. The van der Waals surface area contributed by atoms with Crippen molar-refractivity contribution < 1.29 is 0 Å². The standard InChI is InChI=1S/C14H19N3/c1-10-6-5-7-11-12(10)17-13(16-11)14(2)8-3-4-9-15-14/h5-7,15H,3-4,8-9H2,1-2H3,(H,16,17). The summed E-state index contributed by atoms with van der Waals surface area (Å²) in [6.45, 7) is 5.45. The third-order valence-corrected chi connectivity index (χ3v) is 3.86. The number of hydrogen-bond donors (Lipinski definition) is 2. The summed E-state index contributed by atoms with van der Waals surface area (Å²) < 4.78 is 0. The van der Waals surface area contributed by atoms with Crippen LogP contribution in [0.3, 0.4) is 0 Å². The van der Waals surface area contributed by atoms with Crippen molar-refractivity contribution in [3.8, 4) is 0 Å². The SMILES string of the molecule is Cc1cccc2[nH]c(C3(C)CCCCN3)nc12. The minimum atomic E-state index is 0.0176. The molecule has 2 aromatic rings. The van der Waals surface area contributed by atoms with E-state index in [9.17, 15) is 0 Å². The number of aromatic nitrogens is 2. The van der Waals surface area contributed by atoms with Crippen molar-refractivity contribution in [2.24, 2.45) is 0 Å². The molecular weight excluding hydrogens is 210 g/mol. The second-order valence-corrected chi connectivity index (χ2v) is 5.27. The Hall–Kier alpha value is -1.35. The Balaban J connectivity index is 2.08. The number of aromatic amines is 1. The van der Waals surface area contributed by atoms with Crippen LogP contribution >= 0.6 is 0 Å². The van der Waals surface area contributed by atoms with E-state index in [1.807, 2.05) is 0 Å². The van der Waals surface area contributed by atoms with Gasteiger partial charge in [-0.1, -0.05) is 12.1 Å². The fraction of sp³-hybridized carbons (Fsp3) is 0.500. The molecule has 17 heavy (non-hydrogen) atoms. The minimum Gasteiger partial charge on any atom is -0.340 e. The number of nitrogens with one attached hydrogen (secondary N) is 2. The molecule has 2 heterocycles. The first-order valence-electron chi connectivity index (χ1n) is 6.40. The van der Waals surface area contributed by atoms with E-state index >= 15 is 0 Å². The van der Waals surface area contributed by atoms with E-state index in [0.29, 0.717) is 0 Å². The van der Waals surface area contributed by atoms with Crippen LogP contribution in [0.25, 0.3) is 11.0 Å². The van der Waals surface area contributed by atoms with Gasteiger partial charge in [0.05, 0.1) is 16.6 Å². The fourth-order valence-corrected chi connectivity index (χ4v) is 2.70. The zero-order valence-electron chi connectivity index (χ0n) is 10.5. The highest BCUT2D eigenvalue weighted by Crippen LogP contribution is 2.29. The molecular formula is C14H19N3. The second kappa shape index (κ2) is 3.84. The molecule has 0 spiro atoms. The van der Waals surface area contributed by atoms with Gasteiger partial charge < -0.3 is 10.3 Å². The van der Waals surface area contributed by atoms with Crippen molar-refractivity contribution >= 4 is 11.0 Å². The molecule has 0 amide bonds. The summed E-state index contributed by atoms with van der Waals surface area (Å²) in [5.74, 6) is 1.08. The van der Waals surface area contributed by atoms with Gasteiger partial charge in [-0.2, -0.15) is 0 Å². The highest BCUT2D eigenvalue weighted by Gasteiger charge is 2.31. The number of aryl methyl sites for hydroxylation is 1. The number of piperidine rings is 1. The van der Waals surface area contributed by atoms with Gasteiger partial charge in [0.2, 0.25) is 0 Å². The van der Waals surface area contributed by atoms with Gasteiger partial charge in [-0.25, -0.2) is 4.98 Å². The lowest BCUT2D eigenvalue weighted by Gasteiger charge is -2.33. The van der Waals surface area contributed by atoms with Crippen LogP contribution in [0.1, 0.15) is 37.6 Å². The Labute approximate surface area is 102 Å². The van der Waals surface area contributed by atoms with Crippen molar-refractivity contribution in [3.63, 3.8) is 0 Å². The molecule has 2 N–H and O–H groups in total. The van der Waals surface area contributed by atoms with Gasteiger partial charge in [-0.15, -0.1) is 0 Å². The van der Waals surface area contributed by atoms with E-state index in [-0.39, 0.29) is 5.54 Å². The summed E-state index contributed by atoms with van der Waals surface area (Å²) in [7, 11) is 0. The van der Waals surface area contributed by atoms with E-state index in [1.165, 1.54) is 18.4 Å². The third-order valence-electron chi connectivity index (χ3n) is 3.86. The quantitative estimate of drug-likeness (QED) is 0.789. The van der Waals surface area contributed by atoms with Gasteiger partial charge in [0.25, 0.3) is 0 Å². The second-order valence-electron chi connectivity index (χ2n) is 5.27. The van der Waals surface area contributed by atoms with Crippen LogP contribution in [-0.4, -0.2) is 16.5 Å². The average Bonchev–Trinajstić information content (AvgIpc) is 2.76. The van der Waals surface area contributed by atoms with Gasteiger partial charge in [0.15, 0.2) is 0 Å². The Morgan fingerprint density at radius 3 is 2.88 bits per heavy atom. The molecule has 1 saturated heterocycles. The lowest BCUT2D eigenvalue weighted by Crippen LogP contribution is -2.44. The molecule has 0 bridgehead atoms. The van der Waals surface area contributed by atoms with E-state index in [1.54, 1.807) is 0 Å². The predicted molar refractivity (Wildman–Crippen MR) is 70.0 cm³/mol. The number of H-pyrrole nitrogens is 1. The number of imidazole rings is 1. The summed E-state index contributed by atoms with van der Waals surface area (Å²) in [6.07, 6.45) is 3.71. The first kappa shape index (κ1) is 10.8. The third kappa shape index (κ3) is 1.75. The summed E-state index contributed by atoms with van der Waals surface area (Å²) in [6, 6.07) is 6.30. The molecule has 1 unspecified atom stereocenters. The van der Waals surface area contributed by atoms with Gasteiger partial charge in [0, 0.05) is 0 Å². The van der Waals surface area contributed by atoms with Crippen molar-refractivity contribution in [1.82, 2.24) is 15.3 Å². The topological polar surface area (TPSA) is 40.7 Å². The molecule has 0 radical (unpaired) electrons. The summed E-state index contributed by atoms with van der Waals surface area (Å²) in [4.78, 5) is 8.26. The number of hydrogen-bond acceptors (Lipinski definition) is 2. The van der Waals surface area contributed by atoms with Crippen LogP contribution in [0.15, 0.2) is 18.2 Å².